The van der Waals surface area contributed by atoms with E-state index in [9.17, 15) is 23.7 Å². The van der Waals surface area contributed by atoms with E-state index >= 15 is 0 Å². The summed E-state index contributed by atoms with van der Waals surface area (Å²) >= 11 is 0.693. The van der Waals surface area contributed by atoms with Crippen molar-refractivity contribution in [1.82, 2.24) is 15.3 Å². The SMILES string of the molecule is CNC(=O)/C=C\N(C=O)C1OC(COP(=O)(NC(C)C(=O)OC(C)C)SCC(=O)OC)CC1C. The van der Waals surface area contributed by atoms with Crippen molar-refractivity contribution in [2.45, 2.75) is 58.6 Å². The van der Waals surface area contributed by atoms with E-state index in [4.69, 9.17) is 14.0 Å². The van der Waals surface area contributed by atoms with Crippen LogP contribution in [0.4, 0.5) is 0 Å². The lowest BCUT2D eigenvalue weighted by atomic mass is 10.1. The van der Waals surface area contributed by atoms with E-state index in [0.29, 0.717) is 24.2 Å². The summed E-state index contributed by atoms with van der Waals surface area (Å²) in [6, 6.07) is -0.963. The molecule has 5 unspecified atom stereocenters. The zero-order chi connectivity index (χ0) is 25.9. The fourth-order valence-electron chi connectivity index (χ4n) is 2.92. The average molecular weight is 524 g/mol. The Morgan fingerprint density at radius 3 is 2.53 bits per heavy atom. The van der Waals surface area contributed by atoms with Crippen molar-refractivity contribution in [3.63, 3.8) is 0 Å². The highest BCUT2D eigenvalue weighted by Crippen LogP contribution is 2.56. The first kappa shape index (κ1) is 30.1. The molecule has 194 valence electrons. The highest BCUT2D eigenvalue weighted by atomic mass is 32.7. The Morgan fingerprint density at radius 2 is 1.97 bits per heavy atom. The Bertz CT molecular complexity index is 795. The van der Waals surface area contributed by atoms with Crippen molar-refractivity contribution in [1.29, 1.82) is 0 Å². The van der Waals surface area contributed by atoms with Crippen LogP contribution in [0.25, 0.3) is 0 Å². The first-order valence-corrected chi connectivity index (χ1v) is 13.9. The van der Waals surface area contributed by atoms with Gasteiger partial charge in [0.2, 0.25) is 12.3 Å². The maximum absolute atomic E-state index is 13.4. The van der Waals surface area contributed by atoms with Crippen LogP contribution in [0.2, 0.25) is 0 Å². The van der Waals surface area contributed by atoms with E-state index in [1.54, 1.807) is 13.8 Å². The topological polar surface area (TPSA) is 150 Å². The van der Waals surface area contributed by atoms with E-state index in [-0.39, 0.29) is 30.3 Å². The van der Waals surface area contributed by atoms with E-state index in [1.165, 1.54) is 38.3 Å². The van der Waals surface area contributed by atoms with E-state index < -0.39 is 37.0 Å². The van der Waals surface area contributed by atoms with Crippen LogP contribution < -0.4 is 10.4 Å². The van der Waals surface area contributed by atoms with Gasteiger partial charge in [-0.1, -0.05) is 6.92 Å². The molecule has 0 spiro atoms. The number of hydrogen-bond donors (Lipinski definition) is 2. The van der Waals surface area contributed by atoms with Gasteiger partial charge in [0.05, 0.1) is 25.9 Å². The smallest absolute Gasteiger partial charge is 0.327 e. The van der Waals surface area contributed by atoms with E-state index in [2.05, 4.69) is 15.1 Å². The molecule has 0 saturated carbocycles. The number of hydrogen-bond acceptors (Lipinski definition) is 10. The van der Waals surface area contributed by atoms with Crippen molar-refractivity contribution in [3.05, 3.63) is 12.3 Å². The number of nitrogens with zero attached hydrogens (tertiary/aromatic N) is 1. The van der Waals surface area contributed by atoms with Crippen molar-refractivity contribution in [2.24, 2.45) is 5.92 Å². The molecule has 1 aliphatic rings. The van der Waals surface area contributed by atoms with Crippen LogP contribution in [-0.4, -0.2) is 80.2 Å². The molecule has 12 nitrogen and oxygen atoms in total. The number of amides is 2. The second-order valence-corrected chi connectivity index (χ2v) is 12.1. The summed E-state index contributed by atoms with van der Waals surface area (Å²) < 4.78 is 34.6. The van der Waals surface area contributed by atoms with Gasteiger partial charge in [0, 0.05) is 25.2 Å². The molecule has 0 aromatic rings. The lowest BCUT2D eigenvalue weighted by Crippen LogP contribution is -2.35. The van der Waals surface area contributed by atoms with Crippen molar-refractivity contribution < 1.29 is 42.5 Å². The van der Waals surface area contributed by atoms with Gasteiger partial charge >= 0.3 is 18.7 Å². The van der Waals surface area contributed by atoms with E-state index in [1.807, 2.05) is 6.92 Å². The third kappa shape index (κ3) is 10.1. The maximum atomic E-state index is 13.4. The molecule has 5 atom stereocenters. The van der Waals surface area contributed by atoms with Crippen molar-refractivity contribution in [2.75, 3.05) is 26.5 Å². The Hall–Kier alpha value is -1.92. The zero-order valence-corrected chi connectivity index (χ0v) is 21.9. The molecule has 1 heterocycles. The van der Waals surface area contributed by atoms with Crippen LogP contribution in [-0.2, 0) is 42.5 Å². The third-order valence-corrected chi connectivity index (χ3v) is 8.52. The molecule has 1 saturated heterocycles. The molecule has 0 aliphatic carbocycles. The fraction of sp³-hybridized carbons (Fsp3) is 0.700. The molecular weight excluding hydrogens is 489 g/mol. The second-order valence-electron chi connectivity index (χ2n) is 7.82. The monoisotopic (exact) mass is 523 g/mol. The summed E-state index contributed by atoms with van der Waals surface area (Å²) in [6.07, 6.45) is 2.01. The lowest BCUT2D eigenvalue weighted by Gasteiger charge is -2.25. The maximum Gasteiger partial charge on any atom is 0.327 e. The Kier molecular flexibility index (Phi) is 12.8. The Morgan fingerprint density at radius 1 is 1.29 bits per heavy atom. The predicted molar refractivity (Wildman–Crippen MR) is 125 cm³/mol. The number of nitrogens with one attached hydrogen (secondary N) is 2. The fourth-order valence-corrected chi connectivity index (χ4v) is 6.41. The number of methoxy groups -OCH3 is 1. The molecule has 0 radical (unpaired) electrons. The van der Waals surface area contributed by atoms with Gasteiger partial charge in [-0.3, -0.25) is 28.6 Å². The zero-order valence-electron chi connectivity index (χ0n) is 20.2. The number of esters is 2. The van der Waals surface area contributed by atoms with Crippen molar-refractivity contribution in [3.8, 4) is 0 Å². The standard InChI is InChI=1S/C20H34N3O9PS/c1-13(2)31-20(27)15(4)22-33(28,34-11-18(26)29-6)30-10-16-9-14(3)19(32-16)23(12-24)8-7-17(25)21-5/h7-8,12-16,19H,9-11H2,1-6H3,(H,21,25)(H,22,28)/b8-7-. The normalized spacial score (nSPS) is 22.7. The summed E-state index contributed by atoms with van der Waals surface area (Å²) in [7, 11) is 2.67. The Labute approximate surface area is 203 Å². The van der Waals surface area contributed by atoms with Gasteiger partial charge in [-0.05, 0) is 38.6 Å². The minimum absolute atomic E-state index is 0.108. The molecule has 0 aromatic carbocycles. The summed E-state index contributed by atoms with van der Waals surface area (Å²) in [6.45, 7) is 2.83. The van der Waals surface area contributed by atoms with Crippen LogP contribution in [0.15, 0.2) is 12.3 Å². The van der Waals surface area contributed by atoms with Crippen LogP contribution in [0, 0.1) is 5.92 Å². The van der Waals surface area contributed by atoms with Gasteiger partial charge in [0.1, 0.15) is 18.0 Å². The van der Waals surface area contributed by atoms with Crippen LogP contribution >= 0.6 is 18.1 Å². The quantitative estimate of drug-likeness (QED) is 0.147. The first-order chi connectivity index (χ1) is 15.9. The van der Waals surface area contributed by atoms with Gasteiger partial charge in [0.25, 0.3) is 0 Å². The Balaban J connectivity index is 2.84. The van der Waals surface area contributed by atoms with Crippen LogP contribution in [0.5, 0.6) is 0 Å². The molecule has 0 bridgehead atoms. The number of rotatable bonds is 14. The molecule has 0 aromatic heterocycles. The molecule has 2 N–H and O–H groups in total. The second kappa shape index (κ2) is 14.5. The summed E-state index contributed by atoms with van der Waals surface area (Å²) in [5, 5.41) is 5.05. The minimum atomic E-state index is -3.76. The number of carbonyl (C=O) groups excluding carboxylic acids is 4. The molecule has 14 heteroatoms. The number of likely N-dealkylation sites (N-methyl/N-ethyl adjacent to an activating group) is 1. The van der Waals surface area contributed by atoms with Gasteiger partial charge in [0.15, 0.2) is 0 Å². The molecular formula is C20H34N3O9PS. The van der Waals surface area contributed by atoms with E-state index in [0.717, 1.165) is 0 Å². The number of carbonyl (C=O) groups is 4. The average Bonchev–Trinajstić information content (AvgIpc) is 3.16. The largest absolute Gasteiger partial charge is 0.468 e. The summed E-state index contributed by atoms with van der Waals surface area (Å²) in [5.74, 6) is -1.98. The molecule has 1 fully saturated rings. The molecule has 2 amide bonds. The van der Waals surface area contributed by atoms with Crippen LogP contribution in [0.3, 0.4) is 0 Å². The molecule has 1 rings (SSSR count). The predicted octanol–water partition coefficient (Wildman–Crippen LogP) is 1.42. The van der Waals surface area contributed by atoms with Crippen molar-refractivity contribution >= 4 is 42.4 Å². The highest BCUT2D eigenvalue weighted by molar-refractivity contribution is 8.56. The first-order valence-electron chi connectivity index (χ1n) is 10.7. The molecule has 34 heavy (non-hydrogen) atoms. The minimum Gasteiger partial charge on any atom is -0.468 e. The summed E-state index contributed by atoms with van der Waals surface area (Å²) in [5.41, 5.74) is 0. The number of ether oxygens (including phenoxy) is 3. The lowest BCUT2D eigenvalue weighted by molar-refractivity contribution is -0.149. The van der Waals surface area contributed by atoms with Gasteiger partial charge in [-0.25, -0.2) is 5.09 Å². The van der Waals surface area contributed by atoms with Gasteiger partial charge in [-0.2, -0.15) is 0 Å². The third-order valence-electron chi connectivity index (χ3n) is 4.58. The summed E-state index contributed by atoms with van der Waals surface area (Å²) in [4.78, 5) is 47.9. The van der Waals surface area contributed by atoms with Crippen LogP contribution in [0.1, 0.15) is 34.1 Å². The van der Waals surface area contributed by atoms with Gasteiger partial charge in [-0.15, -0.1) is 0 Å². The van der Waals surface area contributed by atoms with Gasteiger partial charge < -0.3 is 24.1 Å². The highest BCUT2D eigenvalue weighted by Gasteiger charge is 2.38. The molecule has 1 aliphatic heterocycles.